The van der Waals surface area contributed by atoms with Gasteiger partial charge in [0.2, 0.25) is 0 Å². The van der Waals surface area contributed by atoms with Crippen LogP contribution in [0.4, 0.5) is 0 Å². The number of hydrogen-bond acceptors (Lipinski definition) is 2. The Bertz CT molecular complexity index is 447. The van der Waals surface area contributed by atoms with Gasteiger partial charge in [-0.3, -0.25) is 0 Å². The number of hydrogen-bond donors (Lipinski definition) is 0. The summed E-state index contributed by atoms with van der Waals surface area (Å²) in [6.07, 6.45) is 1.62. The molecule has 0 aromatic heterocycles. The molecule has 0 aliphatic carbocycles. The van der Waals surface area contributed by atoms with Gasteiger partial charge in [-0.2, -0.15) is 0 Å². The van der Waals surface area contributed by atoms with Crippen molar-refractivity contribution in [2.75, 3.05) is 7.11 Å². The molecule has 0 N–H and O–H groups in total. The van der Waals surface area contributed by atoms with E-state index < -0.39 is 0 Å². The quantitative estimate of drug-likeness (QED) is 0.792. The topological polar surface area (TPSA) is 26.3 Å². The van der Waals surface area contributed by atoms with Crippen LogP contribution in [-0.4, -0.2) is 12.9 Å². The van der Waals surface area contributed by atoms with Crippen molar-refractivity contribution in [2.45, 2.75) is 47.5 Å². The van der Waals surface area contributed by atoms with Crippen molar-refractivity contribution in [3.63, 3.8) is 0 Å². The number of aryl methyl sites for hydroxylation is 1. The van der Waals surface area contributed by atoms with Crippen LogP contribution >= 0.6 is 0 Å². The van der Waals surface area contributed by atoms with E-state index in [2.05, 4.69) is 33.8 Å². The number of methoxy groups -OCH3 is 1. The molecule has 0 amide bonds. The van der Waals surface area contributed by atoms with E-state index in [0.29, 0.717) is 12.3 Å². The van der Waals surface area contributed by atoms with Gasteiger partial charge < -0.3 is 9.53 Å². The highest BCUT2D eigenvalue weighted by molar-refractivity contribution is 5.75. The molecule has 0 heterocycles. The summed E-state index contributed by atoms with van der Waals surface area (Å²) < 4.78 is 5.38. The molecule has 0 saturated heterocycles. The molecule has 0 aliphatic heterocycles. The maximum Gasteiger partial charge on any atom is 0.130 e. The Morgan fingerprint density at radius 2 is 1.89 bits per heavy atom. The summed E-state index contributed by atoms with van der Waals surface area (Å²) in [4.78, 5) is 11.2. The molecule has 1 aromatic carbocycles. The number of ketones is 1. The van der Waals surface area contributed by atoms with E-state index in [0.717, 1.165) is 12.2 Å². The Kier molecular flexibility index (Phi) is 4.94. The van der Waals surface area contributed by atoms with Gasteiger partial charge in [-0.1, -0.05) is 6.92 Å². The van der Waals surface area contributed by atoms with Crippen molar-refractivity contribution in [3.8, 4) is 5.75 Å². The van der Waals surface area contributed by atoms with Crippen molar-refractivity contribution in [3.05, 3.63) is 28.3 Å². The maximum absolute atomic E-state index is 11.2. The van der Waals surface area contributed by atoms with E-state index >= 15 is 0 Å². The standard InChI is InChI=1S/C16H24O2/c1-10(7-12(3)17)8-15-11(2)9-16(18-6)14(5)13(15)4/h9-10H,7-8H2,1-6H3. The molecule has 1 atom stereocenters. The molecule has 0 radical (unpaired) electrons. The zero-order valence-corrected chi connectivity index (χ0v) is 12.4. The molecule has 1 unspecified atom stereocenters. The van der Waals surface area contributed by atoms with Gasteiger partial charge in [0.1, 0.15) is 11.5 Å². The number of benzene rings is 1. The average molecular weight is 248 g/mol. The molecule has 18 heavy (non-hydrogen) atoms. The molecular weight excluding hydrogens is 224 g/mol. The van der Waals surface area contributed by atoms with E-state index in [9.17, 15) is 4.79 Å². The number of rotatable bonds is 5. The van der Waals surface area contributed by atoms with Crippen molar-refractivity contribution in [1.82, 2.24) is 0 Å². The third-order valence-corrected chi connectivity index (χ3v) is 3.62. The van der Waals surface area contributed by atoms with Crippen LogP contribution in [0.15, 0.2) is 6.07 Å². The van der Waals surface area contributed by atoms with Gasteiger partial charge >= 0.3 is 0 Å². The summed E-state index contributed by atoms with van der Waals surface area (Å²) in [5.74, 6) is 1.61. The molecule has 100 valence electrons. The molecule has 2 nitrogen and oxygen atoms in total. The summed E-state index contributed by atoms with van der Waals surface area (Å²) in [6.45, 7) is 10.1. The fraction of sp³-hybridized carbons (Fsp3) is 0.562. The second kappa shape index (κ2) is 6.03. The Morgan fingerprint density at radius 3 is 2.39 bits per heavy atom. The summed E-state index contributed by atoms with van der Waals surface area (Å²) in [5, 5.41) is 0. The lowest BCUT2D eigenvalue weighted by Gasteiger charge is -2.18. The van der Waals surface area contributed by atoms with Gasteiger partial charge in [-0.25, -0.2) is 0 Å². The predicted molar refractivity (Wildman–Crippen MR) is 75.4 cm³/mol. The second-order valence-corrected chi connectivity index (χ2v) is 5.34. The van der Waals surface area contributed by atoms with E-state index in [1.54, 1.807) is 14.0 Å². The summed E-state index contributed by atoms with van der Waals surface area (Å²) in [5.41, 5.74) is 5.11. The lowest BCUT2D eigenvalue weighted by atomic mass is 9.89. The molecule has 1 aromatic rings. The predicted octanol–water partition coefficient (Wildman–Crippen LogP) is 3.78. The highest BCUT2D eigenvalue weighted by atomic mass is 16.5. The lowest BCUT2D eigenvalue weighted by molar-refractivity contribution is -0.117. The minimum Gasteiger partial charge on any atom is -0.496 e. The van der Waals surface area contributed by atoms with Crippen molar-refractivity contribution in [2.24, 2.45) is 5.92 Å². The Balaban J connectivity index is 3.03. The van der Waals surface area contributed by atoms with Gasteiger partial charge in [0.25, 0.3) is 0 Å². The third-order valence-electron chi connectivity index (χ3n) is 3.62. The fourth-order valence-corrected chi connectivity index (χ4v) is 2.54. The van der Waals surface area contributed by atoms with Crippen LogP contribution in [-0.2, 0) is 11.2 Å². The molecule has 0 aliphatic rings. The summed E-state index contributed by atoms with van der Waals surface area (Å²) in [7, 11) is 1.71. The van der Waals surface area contributed by atoms with Gasteiger partial charge in [-0.05, 0) is 68.4 Å². The first-order chi connectivity index (χ1) is 8.36. The summed E-state index contributed by atoms with van der Waals surface area (Å²) in [6, 6.07) is 2.10. The van der Waals surface area contributed by atoms with E-state index in [1.165, 1.54) is 22.3 Å². The minimum atomic E-state index is 0.267. The fourth-order valence-electron chi connectivity index (χ4n) is 2.54. The van der Waals surface area contributed by atoms with Crippen LogP contribution in [0.5, 0.6) is 5.75 Å². The van der Waals surface area contributed by atoms with E-state index in [-0.39, 0.29) is 5.78 Å². The Morgan fingerprint density at radius 1 is 1.28 bits per heavy atom. The van der Waals surface area contributed by atoms with Crippen LogP contribution in [0.1, 0.15) is 42.5 Å². The second-order valence-electron chi connectivity index (χ2n) is 5.34. The Labute approximate surface area is 110 Å². The first-order valence-electron chi connectivity index (χ1n) is 6.49. The third kappa shape index (κ3) is 3.34. The zero-order chi connectivity index (χ0) is 13.9. The van der Waals surface area contributed by atoms with Crippen LogP contribution in [0.2, 0.25) is 0 Å². The average Bonchev–Trinajstić information content (AvgIpc) is 2.28. The molecule has 0 spiro atoms. The molecule has 0 fully saturated rings. The van der Waals surface area contributed by atoms with Gasteiger partial charge in [-0.15, -0.1) is 0 Å². The first-order valence-corrected chi connectivity index (χ1v) is 6.49. The Hall–Kier alpha value is -1.31. The summed E-state index contributed by atoms with van der Waals surface area (Å²) >= 11 is 0. The number of Topliss-reactive ketones (excluding diaryl/α,β-unsaturated/α-hetero) is 1. The highest BCUT2D eigenvalue weighted by Gasteiger charge is 2.14. The molecule has 1 rings (SSSR count). The van der Waals surface area contributed by atoms with Crippen molar-refractivity contribution in [1.29, 1.82) is 0 Å². The highest BCUT2D eigenvalue weighted by Crippen LogP contribution is 2.29. The van der Waals surface area contributed by atoms with Crippen LogP contribution in [0.3, 0.4) is 0 Å². The monoisotopic (exact) mass is 248 g/mol. The van der Waals surface area contributed by atoms with E-state index in [4.69, 9.17) is 4.74 Å². The number of ether oxygens (including phenoxy) is 1. The van der Waals surface area contributed by atoms with Gasteiger partial charge in [0.15, 0.2) is 0 Å². The van der Waals surface area contributed by atoms with Gasteiger partial charge in [0.05, 0.1) is 7.11 Å². The van der Waals surface area contributed by atoms with Gasteiger partial charge in [0, 0.05) is 6.42 Å². The zero-order valence-electron chi connectivity index (χ0n) is 12.4. The van der Waals surface area contributed by atoms with Crippen LogP contribution in [0, 0.1) is 26.7 Å². The minimum absolute atomic E-state index is 0.267. The molecule has 0 saturated carbocycles. The molecule has 2 heteroatoms. The van der Waals surface area contributed by atoms with E-state index in [1.807, 2.05) is 0 Å². The smallest absolute Gasteiger partial charge is 0.130 e. The maximum atomic E-state index is 11.2. The van der Waals surface area contributed by atoms with Crippen molar-refractivity contribution >= 4 is 5.78 Å². The SMILES string of the molecule is COc1cc(C)c(CC(C)CC(C)=O)c(C)c1C. The lowest BCUT2D eigenvalue weighted by Crippen LogP contribution is -2.08. The number of carbonyl (C=O) groups is 1. The van der Waals surface area contributed by atoms with Crippen molar-refractivity contribution < 1.29 is 9.53 Å². The normalized spacial score (nSPS) is 12.3. The van der Waals surface area contributed by atoms with Crippen LogP contribution in [0.25, 0.3) is 0 Å². The number of carbonyl (C=O) groups excluding carboxylic acids is 1. The largest absolute Gasteiger partial charge is 0.496 e. The van der Waals surface area contributed by atoms with Crippen LogP contribution < -0.4 is 4.74 Å². The first kappa shape index (κ1) is 14.7. The molecular formula is C16H24O2. The molecule has 0 bridgehead atoms.